The topological polar surface area (TPSA) is 20.2 Å². The molecule has 0 amide bonds. The second-order valence-electron chi connectivity index (χ2n) is 8.01. The van der Waals surface area contributed by atoms with Crippen molar-refractivity contribution >= 4 is 0 Å². The van der Waals surface area contributed by atoms with E-state index in [1.54, 1.807) is 11.1 Å². The molecule has 0 aromatic carbocycles. The lowest BCUT2D eigenvalue weighted by atomic mass is 9.50. The molecule has 4 aliphatic rings. The Hall–Kier alpha value is -0.560. The van der Waals surface area contributed by atoms with Gasteiger partial charge < -0.3 is 5.11 Å². The number of aliphatic hydroxyl groups is 1. The van der Waals surface area contributed by atoms with Crippen LogP contribution in [-0.4, -0.2) is 11.2 Å². The highest BCUT2D eigenvalue weighted by atomic mass is 16.3. The van der Waals surface area contributed by atoms with Crippen LogP contribution < -0.4 is 0 Å². The molecule has 3 unspecified atom stereocenters. The molecule has 1 heteroatoms. The van der Waals surface area contributed by atoms with Crippen LogP contribution in [-0.2, 0) is 0 Å². The minimum atomic E-state index is -0.164. The van der Waals surface area contributed by atoms with Gasteiger partial charge in [-0.15, -0.1) is 0 Å². The second-order valence-corrected chi connectivity index (χ2v) is 8.01. The maximum atomic E-state index is 9.96. The molecule has 0 bridgehead atoms. The van der Waals surface area contributed by atoms with Crippen LogP contribution in [0.4, 0.5) is 0 Å². The van der Waals surface area contributed by atoms with E-state index in [-0.39, 0.29) is 6.10 Å². The normalized spacial score (nSPS) is 47.5. The Morgan fingerprint density at radius 2 is 1.95 bits per heavy atom. The fourth-order valence-electron chi connectivity index (χ4n) is 6.12. The van der Waals surface area contributed by atoms with Gasteiger partial charge in [0.25, 0.3) is 0 Å². The van der Waals surface area contributed by atoms with Crippen LogP contribution in [0.1, 0.15) is 65.2 Å². The third kappa shape index (κ3) is 1.71. The molecule has 2 fully saturated rings. The van der Waals surface area contributed by atoms with Gasteiger partial charge in [0.2, 0.25) is 0 Å². The van der Waals surface area contributed by atoms with Crippen molar-refractivity contribution in [1.29, 1.82) is 0 Å². The molecule has 0 spiro atoms. The SMILES string of the molecule is CC1=C2CCC3C(CCC4=C[C@H](O)CC[C@@]43C)C2CC1. The van der Waals surface area contributed by atoms with E-state index in [9.17, 15) is 5.11 Å². The Morgan fingerprint density at radius 3 is 2.80 bits per heavy atom. The maximum absolute atomic E-state index is 9.96. The Bertz CT molecular complexity index is 486. The predicted molar refractivity (Wildman–Crippen MR) is 82.3 cm³/mol. The van der Waals surface area contributed by atoms with Crippen molar-refractivity contribution in [2.24, 2.45) is 23.2 Å². The summed E-state index contributed by atoms with van der Waals surface area (Å²) < 4.78 is 0. The lowest BCUT2D eigenvalue weighted by molar-refractivity contribution is 0.0285. The monoisotopic (exact) mass is 272 g/mol. The standard InChI is InChI=1S/C19H28O/c1-12-3-5-16-15(12)7-8-18-17(16)6-4-13-11-14(20)9-10-19(13,18)2/h11,14,16-18,20H,3-10H2,1-2H3/t14-,16?,17?,18?,19+/m1/s1. The summed E-state index contributed by atoms with van der Waals surface area (Å²) in [4.78, 5) is 0. The summed E-state index contributed by atoms with van der Waals surface area (Å²) >= 11 is 0. The summed E-state index contributed by atoms with van der Waals surface area (Å²) in [6.07, 6.45) is 12.4. The third-order valence-corrected chi connectivity index (χ3v) is 7.24. The summed E-state index contributed by atoms with van der Waals surface area (Å²) in [5, 5.41) is 9.96. The van der Waals surface area contributed by atoms with Crippen molar-refractivity contribution in [3.63, 3.8) is 0 Å². The van der Waals surface area contributed by atoms with E-state index in [0.717, 1.165) is 24.2 Å². The first kappa shape index (κ1) is 13.1. The summed E-state index contributed by atoms with van der Waals surface area (Å²) in [6.45, 7) is 4.89. The molecule has 110 valence electrons. The molecular formula is C19H28O. The van der Waals surface area contributed by atoms with Gasteiger partial charge in [-0.3, -0.25) is 0 Å². The van der Waals surface area contributed by atoms with Crippen molar-refractivity contribution in [1.82, 2.24) is 0 Å². The van der Waals surface area contributed by atoms with E-state index in [1.807, 2.05) is 5.57 Å². The molecule has 5 atom stereocenters. The Morgan fingerprint density at radius 1 is 1.10 bits per heavy atom. The first-order valence-electron chi connectivity index (χ1n) is 8.67. The van der Waals surface area contributed by atoms with E-state index in [1.165, 1.54) is 44.9 Å². The van der Waals surface area contributed by atoms with Crippen LogP contribution in [0.25, 0.3) is 0 Å². The number of aliphatic hydroxyl groups excluding tert-OH is 1. The van der Waals surface area contributed by atoms with Crippen molar-refractivity contribution in [2.75, 3.05) is 0 Å². The van der Waals surface area contributed by atoms with Gasteiger partial charge in [-0.1, -0.05) is 29.7 Å². The Kier molecular flexibility index (Phi) is 2.93. The zero-order valence-corrected chi connectivity index (χ0v) is 13.0. The number of fused-ring (bicyclic) bond motifs is 5. The van der Waals surface area contributed by atoms with Crippen molar-refractivity contribution in [3.8, 4) is 0 Å². The van der Waals surface area contributed by atoms with E-state index in [2.05, 4.69) is 19.9 Å². The highest BCUT2D eigenvalue weighted by Gasteiger charge is 2.51. The first-order chi connectivity index (χ1) is 9.59. The van der Waals surface area contributed by atoms with Crippen LogP contribution in [0, 0.1) is 23.2 Å². The van der Waals surface area contributed by atoms with Gasteiger partial charge in [0.15, 0.2) is 0 Å². The van der Waals surface area contributed by atoms with Crippen LogP contribution in [0.15, 0.2) is 22.8 Å². The molecule has 0 heterocycles. The van der Waals surface area contributed by atoms with E-state index in [4.69, 9.17) is 0 Å². The highest BCUT2D eigenvalue weighted by molar-refractivity contribution is 5.30. The van der Waals surface area contributed by atoms with Crippen molar-refractivity contribution in [3.05, 3.63) is 22.8 Å². The Balaban J connectivity index is 1.68. The molecule has 1 nitrogen and oxygen atoms in total. The van der Waals surface area contributed by atoms with Gasteiger partial charge >= 0.3 is 0 Å². The summed E-state index contributed by atoms with van der Waals surface area (Å²) in [7, 11) is 0. The number of rotatable bonds is 0. The average molecular weight is 272 g/mol. The number of hydrogen-bond acceptors (Lipinski definition) is 1. The molecule has 4 rings (SSSR count). The molecule has 0 radical (unpaired) electrons. The quantitative estimate of drug-likeness (QED) is 0.638. The fourth-order valence-corrected chi connectivity index (χ4v) is 6.12. The zero-order chi connectivity index (χ0) is 13.9. The molecule has 1 N–H and O–H groups in total. The largest absolute Gasteiger partial charge is 0.389 e. The molecule has 0 saturated heterocycles. The van der Waals surface area contributed by atoms with E-state index >= 15 is 0 Å². The van der Waals surface area contributed by atoms with Crippen molar-refractivity contribution in [2.45, 2.75) is 71.3 Å². The lowest BCUT2D eigenvalue weighted by Gasteiger charge is -2.54. The fraction of sp³-hybridized carbons (Fsp3) is 0.789. The molecule has 0 aromatic heterocycles. The van der Waals surface area contributed by atoms with Gasteiger partial charge in [0.1, 0.15) is 0 Å². The molecule has 4 aliphatic carbocycles. The molecule has 0 aliphatic heterocycles. The maximum Gasteiger partial charge on any atom is 0.0724 e. The predicted octanol–water partition coefficient (Wildman–Crippen LogP) is 4.62. The van der Waals surface area contributed by atoms with Gasteiger partial charge in [0, 0.05) is 0 Å². The van der Waals surface area contributed by atoms with Crippen LogP contribution in [0.5, 0.6) is 0 Å². The molecule has 20 heavy (non-hydrogen) atoms. The molecule has 2 saturated carbocycles. The van der Waals surface area contributed by atoms with Gasteiger partial charge in [0.05, 0.1) is 6.10 Å². The summed E-state index contributed by atoms with van der Waals surface area (Å²) in [5.41, 5.74) is 5.57. The summed E-state index contributed by atoms with van der Waals surface area (Å²) in [6, 6.07) is 0. The van der Waals surface area contributed by atoms with Crippen LogP contribution in [0.3, 0.4) is 0 Å². The third-order valence-electron chi connectivity index (χ3n) is 7.24. The molecular weight excluding hydrogens is 244 g/mol. The van der Waals surface area contributed by atoms with Gasteiger partial charge in [-0.05, 0) is 81.5 Å². The minimum Gasteiger partial charge on any atom is -0.389 e. The molecule has 0 aromatic rings. The minimum absolute atomic E-state index is 0.164. The van der Waals surface area contributed by atoms with Crippen LogP contribution in [0.2, 0.25) is 0 Å². The first-order valence-corrected chi connectivity index (χ1v) is 8.67. The van der Waals surface area contributed by atoms with Crippen molar-refractivity contribution < 1.29 is 5.11 Å². The average Bonchev–Trinajstić information content (AvgIpc) is 2.82. The van der Waals surface area contributed by atoms with Crippen LogP contribution >= 0.6 is 0 Å². The smallest absolute Gasteiger partial charge is 0.0724 e. The van der Waals surface area contributed by atoms with E-state index < -0.39 is 0 Å². The zero-order valence-electron chi connectivity index (χ0n) is 13.0. The second kappa shape index (κ2) is 4.47. The Labute approximate surface area is 123 Å². The number of hydrogen-bond donors (Lipinski definition) is 1. The number of allylic oxidation sites excluding steroid dienone is 3. The summed E-state index contributed by atoms with van der Waals surface area (Å²) in [5.74, 6) is 2.74. The lowest BCUT2D eigenvalue weighted by Crippen LogP contribution is -2.46. The van der Waals surface area contributed by atoms with Gasteiger partial charge in [-0.2, -0.15) is 0 Å². The van der Waals surface area contributed by atoms with E-state index in [0.29, 0.717) is 5.41 Å². The van der Waals surface area contributed by atoms with Gasteiger partial charge in [-0.25, -0.2) is 0 Å². The highest BCUT2D eigenvalue weighted by Crippen LogP contribution is 2.61.